The Morgan fingerprint density at radius 3 is 2.94 bits per heavy atom. The summed E-state index contributed by atoms with van der Waals surface area (Å²) in [6, 6.07) is 10.2. The molecule has 0 bridgehead atoms. The van der Waals surface area contributed by atoms with E-state index in [4.69, 9.17) is 16.1 Å². The van der Waals surface area contributed by atoms with Crippen molar-refractivity contribution in [2.45, 2.75) is 25.4 Å². The zero-order valence-electron chi connectivity index (χ0n) is 9.32. The van der Waals surface area contributed by atoms with Crippen molar-refractivity contribution in [3.8, 4) is 11.3 Å². The van der Waals surface area contributed by atoms with Crippen molar-refractivity contribution < 1.29 is 4.52 Å². The maximum absolute atomic E-state index is 6.10. The molecule has 1 saturated carbocycles. The predicted molar refractivity (Wildman–Crippen MR) is 66.8 cm³/mol. The van der Waals surface area contributed by atoms with Gasteiger partial charge < -0.3 is 9.84 Å². The molecule has 1 aromatic carbocycles. The molecule has 0 radical (unpaired) electrons. The summed E-state index contributed by atoms with van der Waals surface area (Å²) in [4.78, 5) is 0. The van der Waals surface area contributed by atoms with Gasteiger partial charge in [-0.1, -0.05) is 28.9 Å². The van der Waals surface area contributed by atoms with Gasteiger partial charge in [0.15, 0.2) is 5.76 Å². The van der Waals surface area contributed by atoms with E-state index in [0.717, 1.165) is 23.6 Å². The fraction of sp³-hybridized carbons (Fsp3) is 0.308. The minimum atomic E-state index is 0.676. The summed E-state index contributed by atoms with van der Waals surface area (Å²) in [5.41, 5.74) is 1.81. The normalized spacial score (nSPS) is 15.1. The minimum Gasteiger partial charge on any atom is -0.356 e. The average molecular weight is 249 g/mol. The molecule has 3 rings (SSSR count). The van der Waals surface area contributed by atoms with Gasteiger partial charge in [-0.15, -0.1) is 0 Å². The zero-order chi connectivity index (χ0) is 11.7. The summed E-state index contributed by atoms with van der Waals surface area (Å²) in [7, 11) is 0. The number of halogens is 1. The minimum absolute atomic E-state index is 0.676. The van der Waals surface area contributed by atoms with Gasteiger partial charge in [-0.3, -0.25) is 0 Å². The number of rotatable bonds is 4. The van der Waals surface area contributed by atoms with Gasteiger partial charge in [0, 0.05) is 24.2 Å². The highest BCUT2D eigenvalue weighted by atomic mass is 35.5. The molecule has 0 atom stereocenters. The maximum atomic E-state index is 6.10. The first-order chi connectivity index (χ1) is 8.33. The number of benzene rings is 1. The van der Waals surface area contributed by atoms with Crippen molar-refractivity contribution in [3.63, 3.8) is 0 Å². The molecule has 1 aromatic heterocycles. The van der Waals surface area contributed by atoms with Crippen molar-refractivity contribution in [1.82, 2.24) is 10.5 Å². The molecular weight excluding hydrogens is 236 g/mol. The van der Waals surface area contributed by atoms with E-state index in [0.29, 0.717) is 11.1 Å². The predicted octanol–water partition coefficient (Wildman–Crippen LogP) is 3.25. The quantitative estimate of drug-likeness (QED) is 0.903. The van der Waals surface area contributed by atoms with E-state index in [1.807, 2.05) is 30.3 Å². The molecule has 2 aromatic rings. The summed E-state index contributed by atoms with van der Waals surface area (Å²) in [5, 5.41) is 8.12. The van der Waals surface area contributed by atoms with Crippen molar-refractivity contribution in [1.29, 1.82) is 0 Å². The number of nitrogens with zero attached hydrogens (tertiary/aromatic N) is 1. The Hall–Kier alpha value is -1.32. The first kappa shape index (κ1) is 10.8. The van der Waals surface area contributed by atoms with E-state index >= 15 is 0 Å². The Kier molecular flexibility index (Phi) is 2.87. The van der Waals surface area contributed by atoms with Crippen LogP contribution in [0.15, 0.2) is 34.9 Å². The van der Waals surface area contributed by atoms with Crippen LogP contribution in [0.25, 0.3) is 11.3 Å². The maximum Gasteiger partial charge on any atom is 0.168 e. The molecule has 0 aliphatic heterocycles. The molecule has 0 saturated heterocycles. The molecule has 88 valence electrons. The molecule has 0 spiro atoms. The van der Waals surface area contributed by atoms with Crippen LogP contribution in [0.1, 0.15) is 18.5 Å². The van der Waals surface area contributed by atoms with Crippen LogP contribution in [0.2, 0.25) is 5.02 Å². The van der Waals surface area contributed by atoms with Gasteiger partial charge in [-0.25, -0.2) is 0 Å². The summed E-state index contributed by atoms with van der Waals surface area (Å²) in [5.74, 6) is 0.725. The second kappa shape index (κ2) is 4.51. The summed E-state index contributed by atoms with van der Waals surface area (Å²) in [6.07, 6.45) is 2.55. The fourth-order valence-electron chi connectivity index (χ4n) is 1.72. The Morgan fingerprint density at radius 1 is 1.35 bits per heavy atom. The Labute approximate surface area is 105 Å². The third-order valence-electron chi connectivity index (χ3n) is 2.85. The smallest absolute Gasteiger partial charge is 0.168 e. The Morgan fingerprint density at radius 2 is 2.18 bits per heavy atom. The highest BCUT2D eigenvalue weighted by Gasteiger charge is 2.20. The second-order valence-electron chi connectivity index (χ2n) is 4.32. The lowest BCUT2D eigenvalue weighted by Gasteiger charge is -1.97. The molecule has 3 nitrogen and oxygen atoms in total. The van der Waals surface area contributed by atoms with E-state index in [1.54, 1.807) is 0 Å². The molecule has 0 amide bonds. The number of nitrogens with one attached hydrogen (secondary N) is 1. The Balaban J connectivity index is 1.77. The molecule has 4 heteroatoms. The second-order valence-corrected chi connectivity index (χ2v) is 4.72. The van der Waals surface area contributed by atoms with Crippen LogP contribution in [0, 0.1) is 0 Å². The van der Waals surface area contributed by atoms with E-state index in [-0.39, 0.29) is 0 Å². The van der Waals surface area contributed by atoms with E-state index in [9.17, 15) is 0 Å². The van der Waals surface area contributed by atoms with Crippen molar-refractivity contribution in [2.75, 3.05) is 0 Å². The summed E-state index contributed by atoms with van der Waals surface area (Å²) in [6.45, 7) is 0.763. The van der Waals surface area contributed by atoms with Crippen LogP contribution >= 0.6 is 11.6 Å². The van der Waals surface area contributed by atoms with Crippen molar-refractivity contribution in [2.24, 2.45) is 0 Å². The number of hydrogen-bond donors (Lipinski definition) is 1. The van der Waals surface area contributed by atoms with Crippen LogP contribution < -0.4 is 5.32 Å². The highest BCUT2D eigenvalue weighted by molar-refractivity contribution is 6.33. The molecule has 1 aliphatic rings. The molecule has 1 fully saturated rings. The van der Waals surface area contributed by atoms with Crippen molar-refractivity contribution >= 4 is 11.6 Å². The van der Waals surface area contributed by atoms with Crippen LogP contribution in [0.5, 0.6) is 0 Å². The van der Waals surface area contributed by atoms with Crippen LogP contribution in [-0.2, 0) is 6.54 Å². The number of hydrogen-bond acceptors (Lipinski definition) is 3. The van der Waals surface area contributed by atoms with E-state index in [1.165, 1.54) is 12.8 Å². The van der Waals surface area contributed by atoms with Gasteiger partial charge in [0.05, 0.1) is 10.7 Å². The Bertz CT molecular complexity index is 520. The molecule has 1 aliphatic carbocycles. The lowest BCUT2D eigenvalue weighted by molar-refractivity contribution is 0.420. The largest absolute Gasteiger partial charge is 0.356 e. The van der Waals surface area contributed by atoms with Gasteiger partial charge in [-0.2, -0.15) is 0 Å². The van der Waals surface area contributed by atoms with E-state index in [2.05, 4.69) is 10.5 Å². The molecular formula is C13H13ClN2O. The highest BCUT2D eigenvalue weighted by Crippen LogP contribution is 2.28. The summed E-state index contributed by atoms with van der Waals surface area (Å²) < 4.78 is 5.31. The molecule has 1 heterocycles. The van der Waals surface area contributed by atoms with Gasteiger partial charge in [-0.05, 0) is 25.0 Å². The van der Waals surface area contributed by atoms with Crippen LogP contribution in [0.4, 0.5) is 0 Å². The monoisotopic (exact) mass is 248 g/mol. The zero-order valence-corrected chi connectivity index (χ0v) is 10.1. The average Bonchev–Trinajstić information content (AvgIpc) is 3.06. The van der Waals surface area contributed by atoms with Gasteiger partial charge in [0.2, 0.25) is 0 Å². The fourth-order valence-corrected chi connectivity index (χ4v) is 1.95. The van der Waals surface area contributed by atoms with Crippen LogP contribution in [-0.4, -0.2) is 11.2 Å². The third kappa shape index (κ3) is 2.51. The lowest BCUT2D eigenvalue weighted by atomic mass is 10.1. The topological polar surface area (TPSA) is 38.1 Å². The molecule has 0 unspecified atom stereocenters. The molecule has 17 heavy (non-hydrogen) atoms. The summed E-state index contributed by atoms with van der Waals surface area (Å²) >= 11 is 6.10. The van der Waals surface area contributed by atoms with Gasteiger partial charge in [0.1, 0.15) is 0 Å². The number of aromatic nitrogens is 1. The molecule has 1 N–H and O–H groups in total. The van der Waals surface area contributed by atoms with Gasteiger partial charge in [0.25, 0.3) is 0 Å². The van der Waals surface area contributed by atoms with Crippen LogP contribution in [0.3, 0.4) is 0 Å². The first-order valence-electron chi connectivity index (χ1n) is 5.77. The van der Waals surface area contributed by atoms with Gasteiger partial charge >= 0.3 is 0 Å². The SMILES string of the molecule is Clc1ccccc1-c1cc(CNC2CC2)no1. The lowest BCUT2D eigenvalue weighted by Crippen LogP contribution is -2.15. The van der Waals surface area contributed by atoms with Crippen molar-refractivity contribution in [3.05, 3.63) is 41.0 Å². The standard InChI is InChI=1S/C13H13ClN2O/c14-12-4-2-1-3-11(12)13-7-10(16-17-13)8-15-9-5-6-9/h1-4,7,9,15H,5-6,8H2. The van der Waals surface area contributed by atoms with E-state index < -0.39 is 0 Å². The first-order valence-corrected chi connectivity index (χ1v) is 6.14. The third-order valence-corrected chi connectivity index (χ3v) is 3.18.